The molecule has 0 radical (unpaired) electrons. The number of hydrogen-bond donors (Lipinski definition) is 0. The Kier molecular flexibility index (Phi) is 4.20. The van der Waals surface area contributed by atoms with Gasteiger partial charge in [0.05, 0.1) is 5.57 Å². The Morgan fingerprint density at radius 3 is 2.24 bits per heavy atom. The van der Waals surface area contributed by atoms with Crippen molar-refractivity contribution in [3.05, 3.63) is 64.7 Å². The maximum absolute atomic E-state index is 14.2. The van der Waals surface area contributed by atoms with Gasteiger partial charge in [0.25, 0.3) is 0 Å². The van der Waals surface area contributed by atoms with E-state index in [1.165, 1.54) is 18.2 Å². The van der Waals surface area contributed by atoms with E-state index in [2.05, 4.69) is 0 Å². The molecule has 0 aromatic heterocycles. The summed E-state index contributed by atoms with van der Waals surface area (Å²) in [6, 6.07) is 7.93. The van der Waals surface area contributed by atoms with Crippen molar-refractivity contribution in [3.63, 3.8) is 0 Å². The highest BCUT2D eigenvalue weighted by molar-refractivity contribution is 7.90. The van der Waals surface area contributed by atoms with Gasteiger partial charge in [0.1, 0.15) is 23.1 Å². The van der Waals surface area contributed by atoms with Gasteiger partial charge >= 0.3 is 5.97 Å². The van der Waals surface area contributed by atoms with Crippen molar-refractivity contribution in [3.8, 4) is 0 Å². The van der Waals surface area contributed by atoms with Gasteiger partial charge in [0, 0.05) is 11.8 Å². The Labute approximate surface area is 143 Å². The molecule has 0 N–H and O–H groups in total. The Bertz CT molecular complexity index is 1020. The zero-order valence-corrected chi connectivity index (χ0v) is 14.3. The molecule has 1 heterocycles. The summed E-state index contributed by atoms with van der Waals surface area (Å²) in [6.45, 7) is 1.50. The van der Waals surface area contributed by atoms with E-state index in [0.717, 1.165) is 18.4 Å². The first-order valence-electron chi connectivity index (χ1n) is 7.35. The van der Waals surface area contributed by atoms with E-state index in [0.29, 0.717) is 22.3 Å². The van der Waals surface area contributed by atoms with E-state index in [1.807, 2.05) is 0 Å². The summed E-state index contributed by atoms with van der Waals surface area (Å²) in [6.07, 6.45) is 0.910. The number of benzene rings is 2. The Hall–Kier alpha value is -2.54. The quantitative estimate of drug-likeness (QED) is 0.785. The molecule has 3 rings (SSSR count). The summed E-state index contributed by atoms with van der Waals surface area (Å²) in [5, 5.41) is 0. The van der Waals surface area contributed by atoms with Gasteiger partial charge in [-0.05, 0) is 41.8 Å². The topological polar surface area (TPSA) is 60.4 Å². The van der Waals surface area contributed by atoms with Crippen LogP contribution < -0.4 is 0 Å². The van der Waals surface area contributed by atoms with Crippen LogP contribution in [0.2, 0.25) is 0 Å². The molecule has 1 aliphatic rings. The molecular formula is C18H14F2O4S. The fourth-order valence-corrected chi connectivity index (χ4v) is 3.39. The van der Waals surface area contributed by atoms with Crippen LogP contribution in [-0.2, 0) is 19.4 Å². The minimum absolute atomic E-state index is 0.0959. The summed E-state index contributed by atoms with van der Waals surface area (Å²) in [4.78, 5) is 11.6. The normalized spacial score (nSPS) is 14.8. The minimum atomic E-state index is -3.70. The molecule has 0 bridgehead atoms. The van der Waals surface area contributed by atoms with E-state index in [1.54, 1.807) is 13.0 Å². The summed E-state index contributed by atoms with van der Waals surface area (Å²) >= 11 is 0. The van der Waals surface area contributed by atoms with Crippen molar-refractivity contribution in [1.29, 1.82) is 0 Å². The zero-order valence-electron chi connectivity index (χ0n) is 13.5. The molecule has 0 spiro atoms. The average Bonchev–Trinajstić information content (AvgIpc) is 2.90. The van der Waals surface area contributed by atoms with Gasteiger partial charge in [-0.15, -0.1) is 0 Å². The number of ether oxygens (including phenoxy) is 1. The fourth-order valence-electron chi connectivity index (χ4n) is 2.66. The van der Waals surface area contributed by atoms with Gasteiger partial charge in [-0.25, -0.2) is 22.0 Å². The summed E-state index contributed by atoms with van der Waals surface area (Å²) in [5.74, 6) is -2.02. The van der Waals surface area contributed by atoms with E-state index >= 15 is 0 Å². The molecule has 2 aromatic carbocycles. The molecule has 0 saturated heterocycles. The van der Waals surface area contributed by atoms with Crippen molar-refractivity contribution >= 4 is 27.0 Å². The van der Waals surface area contributed by atoms with Crippen LogP contribution in [-0.4, -0.2) is 27.2 Å². The van der Waals surface area contributed by atoms with Gasteiger partial charge in [-0.3, -0.25) is 0 Å². The second-order valence-electron chi connectivity index (χ2n) is 5.81. The molecular weight excluding hydrogens is 350 g/mol. The highest BCUT2D eigenvalue weighted by atomic mass is 32.2. The molecule has 0 aliphatic carbocycles. The van der Waals surface area contributed by atoms with E-state index in [4.69, 9.17) is 4.74 Å². The molecule has 0 fully saturated rings. The molecule has 2 aromatic rings. The van der Waals surface area contributed by atoms with Gasteiger partial charge in [-0.1, -0.05) is 18.2 Å². The van der Waals surface area contributed by atoms with Crippen LogP contribution >= 0.6 is 0 Å². The van der Waals surface area contributed by atoms with Crippen molar-refractivity contribution < 1.29 is 26.7 Å². The van der Waals surface area contributed by atoms with Crippen LogP contribution in [0.25, 0.3) is 11.1 Å². The van der Waals surface area contributed by atoms with Gasteiger partial charge < -0.3 is 4.74 Å². The Morgan fingerprint density at radius 1 is 1.00 bits per heavy atom. The number of rotatable bonds is 3. The molecule has 0 amide bonds. The molecule has 7 heteroatoms. The van der Waals surface area contributed by atoms with Gasteiger partial charge in [0.2, 0.25) is 0 Å². The van der Waals surface area contributed by atoms with E-state index in [9.17, 15) is 22.0 Å². The number of cyclic esters (lactones) is 1. The van der Waals surface area contributed by atoms with Crippen molar-refractivity contribution in [2.24, 2.45) is 0 Å². The minimum Gasteiger partial charge on any atom is -0.457 e. The van der Waals surface area contributed by atoms with Crippen molar-refractivity contribution in [2.75, 3.05) is 12.9 Å². The standard InChI is InChI=1S/C18H14F2O4S/c1-10-3-4-12(8-14(10)19)17-13(9-24-18(17)21)11-5-6-16(15(20)7-11)25(2,22)23/h3-8H,9H2,1-2H3. The predicted octanol–water partition coefficient (Wildman–Crippen LogP) is 3.14. The van der Waals surface area contributed by atoms with Gasteiger partial charge in [0.15, 0.2) is 9.84 Å². The van der Waals surface area contributed by atoms with Crippen molar-refractivity contribution in [1.82, 2.24) is 0 Å². The first-order chi connectivity index (χ1) is 11.7. The average molecular weight is 364 g/mol. The number of esters is 1. The molecule has 0 saturated carbocycles. The van der Waals surface area contributed by atoms with Crippen LogP contribution in [0.4, 0.5) is 8.78 Å². The number of aryl methyl sites for hydroxylation is 1. The first kappa shape index (κ1) is 17.3. The van der Waals surface area contributed by atoms with Crippen LogP contribution in [0.15, 0.2) is 41.3 Å². The van der Waals surface area contributed by atoms with Crippen LogP contribution in [0, 0.1) is 18.6 Å². The van der Waals surface area contributed by atoms with Crippen LogP contribution in [0.3, 0.4) is 0 Å². The maximum Gasteiger partial charge on any atom is 0.339 e. The van der Waals surface area contributed by atoms with E-state index < -0.39 is 32.3 Å². The highest BCUT2D eigenvalue weighted by Gasteiger charge is 2.28. The lowest BCUT2D eigenvalue weighted by Crippen LogP contribution is -2.02. The second kappa shape index (κ2) is 6.07. The molecule has 1 aliphatic heterocycles. The number of carbonyl (C=O) groups is 1. The number of hydrogen-bond acceptors (Lipinski definition) is 4. The SMILES string of the molecule is Cc1ccc(C2=C(c3ccc(S(C)(=O)=O)c(F)c3)COC2=O)cc1F. The smallest absolute Gasteiger partial charge is 0.339 e. The third-order valence-corrected chi connectivity index (χ3v) is 5.12. The first-order valence-corrected chi connectivity index (χ1v) is 9.24. The predicted molar refractivity (Wildman–Crippen MR) is 88.4 cm³/mol. The lowest BCUT2D eigenvalue weighted by Gasteiger charge is -2.08. The second-order valence-corrected chi connectivity index (χ2v) is 7.80. The number of carbonyl (C=O) groups excluding carboxylic acids is 1. The fraction of sp³-hybridized carbons (Fsp3) is 0.167. The van der Waals surface area contributed by atoms with Gasteiger partial charge in [-0.2, -0.15) is 0 Å². The van der Waals surface area contributed by atoms with Crippen molar-refractivity contribution in [2.45, 2.75) is 11.8 Å². The summed E-state index contributed by atoms with van der Waals surface area (Å²) in [7, 11) is -3.70. The summed E-state index contributed by atoms with van der Waals surface area (Å²) in [5.41, 5.74) is 1.60. The largest absolute Gasteiger partial charge is 0.457 e. The monoisotopic (exact) mass is 364 g/mol. The van der Waals surface area contributed by atoms with Crippen LogP contribution in [0.1, 0.15) is 16.7 Å². The Balaban J connectivity index is 2.16. The lowest BCUT2D eigenvalue weighted by atomic mass is 9.96. The zero-order chi connectivity index (χ0) is 18.4. The molecule has 130 valence electrons. The van der Waals surface area contributed by atoms with E-state index in [-0.39, 0.29) is 12.2 Å². The number of sulfone groups is 1. The molecule has 25 heavy (non-hydrogen) atoms. The third kappa shape index (κ3) is 3.19. The third-order valence-electron chi connectivity index (χ3n) is 3.99. The molecule has 4 nitrogen and oxygen atoms in total. The molecule has 0 unspecified atom stereocenters. The summed E-state index contributed by atoms with van der Waals surface area (Å²) < 4.78 is 56.1. The van der Waals surface area contributed by atoms with Crippen LogP contribution in [0.5, 0.6) is 0 Å². The number of halogens is 2. The maximum atomic E-state index is 14.2. The highest BCUT2D eigenvalue weighted by Crippen LogP contribution is 2.34. The molecule has 0 atom stereocenters. The lowest BCUT2D eigenvalue weighted by molar-refractivity contribution is -0.133. The Morgan fingerprint density at radius 2 is 1.64 bits per heavy atom.